The van der Waals surface area contributed by atoms with Gasteiger partial charge in [-0.3, -0.25) is 4.79 Å². The van der Waals surface area contributed by atoms with Crippen LogP contribution in [-0.2, 0) is 29.0 Å². The van der Waals surface area contributed by atoms with Crippen LogP contribution >= 0.6 is 0 Å². The molecule has 0 saturated carbocycles. The average Bonchev–Trinajstić information content (AvgIpc) is 3.16. The van der Waals surface area contributed by atoms with Crippen molar-refractivity contribution < 1.29 is 14.1 Å². The molecule has 3 aromatic heterocycles. The lowest BCUT2D eigenvalue weighted by atomic mass is 10.1. The van der Waals surface area contributed by atoms with Gasteiger partial charge in [0.1, 0.15) is 17.1 Å². The van der Waals surface area contributed by atoms with Gasteiger partial charge in [-0.15, -0.1) is 0 Å². The zero-order chi connectivity index (χ0) is 18.5. The first-order chi connectivity index (χ1) is 12.6. The summed E-state index contributed by atoms with van der Waals surface area (Å²) in [7, 11) is 1.66. The Morgan fingerprint density at radius 3 is 2.96 bits per heavy atom. The summed E-state index contributed by atoms with van der Waals surface area (Å²) in [5, 5.41) is 6.85. The van der Waals surface area contributed by atoms with E-state index in [0.717, 1.165) is 34.0 Å². The summed E-state index contributed by atoms with van der Waals surface area (Å²) < 4.78 is 12.3. The molecule has 3 aromatic rings. The van der Waals surface area contributed by atoms with E-state index in [2.05, 4.69) is 20.4 Å². The fraction of sp³-hybridized carbons (Fsp3) is 0.444. The molecule has 26 heavy (non-hydrogen) atoms. The topological polar surface area (TPSA) is 95.1 Å². The van der Waals surface area contributed by atoms with Gasteiger partial charge in [-0.1, -0.05) is 5.16 Å². The monoisotopic (exact) mass is 357 g/mol. The quantitative estimate of drug-likeness (QED) is 0.662. The van der Waals surface area contributed by atoms with Crippen molar-refractivity contribution in [3.05, 3.63) is 41.2 Å². The molecule has 3 rings (SSSR count). The van der Waals surface area contributed by atoms with E-state index >= 15 is 0 Å². The Labute approximate surface area is 151 Å². The smallest absolute Gasteiger partial charge is 0.220 e. The molecule has 0 unspecified atom stereocenters. The number of aromatic nitrogens is 4. The molecular weight excluding hydrogens is 334 g/mol. The molecule has 0 aliphatic rings. The number of fused-ring (bicyclic) bond motifs is 1. The van der Waals surface area contributed by atoms with E-state index in [0.29, 0.717) is 32.5 Å². The van der Waals surface area contributed by atoms with Gasteiger partial charge in [-0.25, -0.2) is 9.97 Å². The molecule has 8 heteroatoms. The number of nitrogens with zero attached hydrogens (tertiary/aromatic N) is 4. The summed E-state index contributed by atoms with van der Waals surface area (Å²) in [6.45, 7) is 5.27. The molecule has 0 atom stereocenters. The van der Waals surface area contributed by atoms with Crippen molar-refractivity contribution in [2.75, 3.05) is 13.7 Å². The third kappa shape index (κ3) is 3.91. The van der Waals surface area contributed by atoms with E-state index in [-0.39, 0.29) is 5.91 Å². The normalized spacial score (nSPS) is 11.2. The first-order valence-electron chi connectivity index (χ1n) is 8.57. The highest BCUT2D eigenvalue weighted by molar-refractivity contribution is 5.76. The fourth-order valence-electron chi connectivity index (χ4n) is 2.92. The number of amides is 1. The zero-order valence-electron chi connectivity index (χ0n) is 15.3. The predicted octanol–water partition coefficient (Wildman–Crippen LogP) is 1.93. The van der Waals surface area contributed by atoms with Crippen LogP contribution in [0, 0.1) is 13.8 Å². The maximum absolute atomic E-state index is 12.2. The van der Waals surface area contributed by atoms with Crippen molar-refractivity contribution in [2.24, 2.45) is 0 Å². The van der Waals surface area contributed by atoms with Gasteiger partial charge in [0.25, 0.3) is 0 Å². The van der Waals surface area contributed by atoms with Crippen LogP contribution in [0.25, 0.3) is 11.2 Å². The Morgan fingerprint density at radius 2 is 2.23 bits per heavy atom. The number of carbonyl (C=O) groups is 1. The number of hydrogen-bond acceptors (Lipinski definition) is 6. The summed E-state index contributed by atoms with van der Waals surface area (Å²) in [5.41, 5.74) is 3.44. The molecule has 0 aliphatic heterocycles. The van der Waals surface area contributed by atoms with Crippen LogP contribution in [0.4, 0.5) is 0 Å². The molecule has 3 heterocycles. The van der Waals surface area contributed by atoms with Gasteiger partial charge in [0.2, 0.25) is 5.91 Å². The largest absolute Gasteiger partial charge is 0.383 e. The Morgan fingerprint density at radius 1 is 1.38 bits per heavy atom. The Hall–Kier alpha value is -2.74. The first-order valence-corrected chi connectivity index (χ1v) is 8.57. The van der Waals surface area contributed by atoms with Gasteiger partial charge < -0.3 is 19.1 Å². The van der Waals surface area contributed by atoms with Crippen LogP contribution in [0.5, 0.6) is 0 Å². The predicted molar refractivity (Wildman–Crippen MR) is 95.5 cm³/mol. The molecule has 8 nitrogen and oxygen atoms in total. The lowest BCUT2D eigenvalue weighted by molar-refractivity contribution is -0.121. The lowest BCUT2D eigenvalue weighted by Gasteiger charge is -2.09. The third-order valence-electron chi connectivity index (χ3n) is 4.33. The number of rotatable bonds is 8. The van der Waals surface area contributed by atoms with Gasteiger partial charge in [0.15, 0.2) is 5.65 Å². The van der Waals surface area contributed by atoms with E-state index < -0.39 is 0 Å². The second-order valence-electron chi connectivity index (χ2n) is 6.10. The van der Waals surface area contributed by atoms with Crippen molar-refractivity contribution in [3.8, 4) is 0 Å². The number of methoxy groups -OCH3 is 1. The van der Waals surface area contributed by atoms with Gasteiger partial charge in [-0.05, 0) is 32.4 Å². The molecule has 0 spiro atoms. The standard InChI is InChI=1S/C18H23N5O3/c1-12-14(13(2)26-22-12)6-7-17(24)20-11-16-21-15-5-4-8-19-18(15)23(16)9-10-25-3/h4-5,8H,6-7,9-11H2,1-3H3,(H,20,24). The van der Waals surface area contributed by atoms with E-state index in [1.165, 1.54) is 0 Å². The van der Waals surface area contributed by atoms with Gasteiger partial charge in [-0.2, -0.15) is 0 Å². The Balaban J connectivity index is 1.64. The van der Waals surface area contributed by atoms with Crippen molar-refractivity contribution in [2.45, 2.75) is 39.8 Å². The summed E-state index contributed by atoms with van der Waals surface area (Å²) in [5.74, 6) is 1.49. The van der Waals surface area contributed by atoms with E-state index in [1.807, 2.05) is 30.5 Å². The number of nitrogens with one attached hydrogen (secondary N) is 1. The molecule has 0 bridgehead atoms. The number of aryl methyl sites for hydroxylation is 2. The summed E-state index contributed by atoms with van der Waals surface area (Å²) in [6.07, 6.45) is 2.72. The van der Waals surface area contributed by atoms with Crippen LogP contribution in [0.3, 0.4) is 0 Å². The van der Waals surface area contributed by atoms with E-state index in [4.69, 9.17) is 9.26 Å². The number of imidazole rings is 1. The van der Waals surface area contributed by atoms with Gasteiger partial charge in [0.05, 0.1) is 18.8 Å². The minimum atomic E-state index is -0.0386. The molecule has 0 saturated heterocycles. The van der Waals surface area contributed by atoms with Crippen LogP contribution in [0.15, 0.2) is 22.9 Å². The summed E-state index contributed by atoms with van der Waals surface area (Å²) in [6, 6.07) is 3.76. The SMILES string of the molecule is COCCn1c(CNC(=O)CCc2c(C)noc2C)nc2cccnc21. The van der Waals surface area contributed by atoms with Crippen LogP contribution in [0.2, 0.25) is 0 Å². The molecule has 0 aliphatic carbocycles. The Kier molecular flexibility index (Phi) is 5.62. The highest BCUT2D eigenvalue weighted by Gasteiger charge is 2.14. The molecule has 0 aromatic carbocycles. The summed E-state index contributed by atoms with van der Waals surface area (Å²) in [4.78, 5) is 21.2. The number of carbonyl (C=O) groups excluding carboxylic acids is 1. The highest BCUT2D eigenvalue weighted by atomic mass is 16.5. The second kappa shape index (κ2) is 8.09. The van der Waals surface area contributed by atoms with Crippen molar-refractivity contribution >= 4 is 17.1 Å². The van der Waals surface area contributed by atoms with Crippen molar-refractivity contribution in [1.29, 1.82) is 0 Å². The molecule has 0 fully saturated rings. The minimum Gasteiger partial charge on any atom is -0.383 e. The number of ether oxygens (including phenoxy) is 1. The molecule has 0 radical (unpaired) electrons. The second-order valence-corrected chi connectivity index (χ2v) is 6.10. The van der Waals surface area contributed by atoms with Crippen molar-refractivity contribution in [1.82, 2.24) is 25.0 Å². The maximum Gasteiger partial charge on any atom is 0.220 e. The molecule has 1 N–H and O–H groups in total. The third-order valence-corrected chi connectivity index (χ3v) is 4.33. The molecular formula is C18H23N5O3. The van der Waals surface area contributed by atoms with Gasteiger partial charge in [0, 0.05) is 31.8 Å². The van der Waals surface area contributed by atoms with Crippen LogP contribution < -0.4 is 5.32 Å². The minimum absolute atomic E-state index is 0.0386. The number of pyridine rings is 1. The Bertz CT molecular complexity index is 880. The van der Waals surface area contributed by atoms with Crippen LogP contribution in [0.1, 0.15) is 29.3 Å². The maximum atomic E-state index is 12.2. The average molecular weight is 357 g/mol. The molecule has 138 valence electrons. The summed E-state index contributed by atoms with van der Waals surface area (Å²) >= 11 is 0. The number of hydrogen-bond donors (Lipinski definition) is 1. The van der Waals surface area contributed by atoms with E-state index in [9.17, 15) is 4.79 Å². The zero-order valence-corrected chi connectivity index (χ0v) is 15.3. The lowest BCUT2D eigenvalue weighted by Crippen LogP contribution is -2.25. The van der Waals surface area contributed by atoms with Gasteiger partial charge >= 0.3 is 0 Å². The highest BCUT2D eigenvalue weighted by Crippen LogP contribution is 2.15. The fourth-order valence-corrected chi connectivity index (χ4v) is 2.92. The first kappa shape index (κ1) is 18.1. The van der Waals surface area contributed by atoms with E-state index in [1.54, 1.807) is 13.3 Å². The molecule has 1 amide bonds. The van der Waals surface area contributed by atoms with Crippen LogP contribution in [-0.4, -0.2) is 39.3 Å². The van der Waals surface area contributed by atoms with Crippen molar-refractivity contribution in [3.63, 3.8) is 0 Å².